The molecule has 0 bridgehead atoms. The van der Waals surface area contributed by atoms with Crippen LogP contribution in [0.5, 0.6) is 0 Å². The van der Waals surface area contributed by atoms with E-state index in [-0.39, 0.29) is 17.7 Å². The number of hydrogen-bond acceptors (Lipinski definition) is 3. The molecule has 1 atom stereocenters. The van der Waals surface area contributed by atoms with Gasteiger partial charge in [-0.2, -0.15) is 0 Å². The van der Waals surface area contributed by atoms with Crippen molar-refractivity contribution < 1.29 is 13.2 Å². The normalized spacial score (nSPS) is 19.0. The van der Waals surface area contributed by atoms with Gasteiger partial charge in [0.15, 0.2) is 9.84 Å². The molecule has 23 heavy (non-hydrogen) atoms. The zero-order chi connectivity index (χ0) is 16.6. The molecule has 120 valence electrons. The predicted octanol–water partition coefficient (Wildman–Crippen LogP) is 2.95. The van der Waals surface area contributed by atoms with Crippen LogP contribution in [0.2, 0.25) is 0 Å². The summed E-state index contributed by atoms with van der Waals surface area (Å²) in [7, 11) is -3.24. The number of amides is 1. The van der Waals surface area contributed by atoms with Gasteiger partial charge in [-0.05, 0) is 44.0 Å². The Bertz CT molecular complexity index is 851. The Balaban J connectivity index is 1.90. The number of aryl methyl sites for hydroxylation is 2. The van der Waals surface area contributed by atoms with Crippen LogP contribution in [-0.2, 0) is 9.84 Å². The topological polar surface area (TPSA) is 63.2 Å². The maximum absolute atomic E-state index is 12.5. The van der Waals surface area contributed by atoms with E-state index in [4.69, 9.17) is 0 Å². The Labute approximate surface area is 136 Å². The van der Waals surface area contributed by atoms with Gasteiger partial charge in [0.1, 0.15) is 0 Å². The Morgan fingerprint density at radius 2 is 1.74 bits per heavy atom. The number of hydrogen-bond donors (Lipinski definition) is 1. The molecule has 1 aliphatic rings. The lowest BCUT2D eigenvalue weighted by Crippen LogP contribution is -2.33. The van der Waals surface area contributed by atoms with E-state index in [1.807, 2.05) is 32.0 Å². The maximum Gasteiger partial charge on any atom is 0.251 e. The van der Waals surface area contributed by atoms with E-state index in [1.165, 1.54) is 0 Å². The molecule has 3 rings (SSSR count). The van der Waals surface area contributed by atoms with Gasteiger partial charge in [0, 0.05) is 5.56 Å². The fourth-order valence-corrected chi connectivity index (χ4v) is 4.71. The summed E-state index contributed by atoms with van der Waals surface area (Å²) < 4.78 is 24.3. The first-order valence-electron chi connectivity index (χ1n) is 7.58. The van der Waals surface area contributed by atoms with Crippen molar-refractivity contribution >= 4 is 15.7 Å². The lowest BCUT2D eigenvalue weighted by atomic mass is 10.0. The van der Waals surface area contributed by atoms with Crippen LogP contribution in [0.15, 0.2) is 47.4 Å². The third-order valence-corrected chi connectivity index (χ3v) is 5.91. The Hall–Kier alpha value is -2.14. The molecular formula is C18H19NO3S. The summed E-state index contributed by atoms with van der Waals surface area (Å²) in [6, 6.07) is 12.3. The Morgan fingerprint density at radius 3 is 2.43 bits per heavy atom. The largest absolute Gasteiger partial charge is 0.345 e. The van der Waals surface area contributed by atoms with E-state index in [9.17, 15) is 13.2 Å². The standard InChI is InChI=1S/C18H19NO3S/c1-12-9-13(2)11-14(10-12)18(20)19-16-7-8-23(21,22)17-6-4-3-5-15(16)17/h3-6,9-11,16H,7-8H2,1-2H3,(H,19,20). The summed E-state index contributed by atoms with van der Waals surface area (Å²) in [6.45, 7) is 3.90. The third kappa shape index (κ3) is 3.15. The van der Waals surface area contributed by atoms with Crippen LogP contribution in [-0.4, -0.2) is 20.1 Å². The van der Waals surface area contributed by atoms with Gasteiger partial charge in [0.05, 0.1) is 16.7 Å². The molecule has 0 aliphatic carbocycles. The zero-order valence-electron chi connectivity index (χ0n) is 13.2. The number of benzene rings is 2. The summed E-state index contributed by atoms with van der Waals surface area (Å²) >= 11 is 0. The van der Waals surface area contributed by atoms with Crippen LogP contribution in [0.3, 0.4) is 0 Å². The molecular weight excluding hydrogens is 310 g/mol. The molecule has 0 radical (unpaired) electrons. The van der Waals surface area contributed by atoms with Crippen molar-refractivity contribution in [2.45, 2.75) is 31.2 Å². The van der Waals surface area contributed by atoms with Gasteiger partial charge in [-0.25, -0.2) is 8.42 Å². The number of sulfone groups is 1. The number of nitrogens with one attached hydrogen (secondary N) is 1. The van der Waals surface area contributed by atoms with Crippen molar-refractivity contribution in [3.05, 3.63) is 64.7 Å². The molecule has 4 nitrogen and oxygen atoms in total. The first kappa shape index (κ1) is 15.7. The van der Waals surface area contributed by atoms with Gasteiger partial charge < -0.3 is 5.32 Å². The average molecular weight is 329 g/mol. The highest BCUT2D eigenvalue weighted by atomic mass is 32.2. The van der Waals surface area contributed by atoms with Crippen LogP contribution in [0.25, 0.3) is 0 Å². The fraction of sp³-hybridized carbons (Fsp3) is 0.278. The maximum atomic E-state index is 12.5. The van der Waals surface area contributed by atoms with E-state index >= 15 is 0 Å². The number of carbonyl (C=O) groups is 1. The van der Waals surface area contributed by atoms with Crippen molar-refractivity contribution in [2.75, 3.05) is 5.75 Å². The molecule has 1 heterocycles. The number of rotatable bonds is 2. The third-order valence-electron chi connectivity index (χ3n) is 4.09. The molecule has 0 saturated heterocycles. The van der Waals surface area contributed by atoms with Crippen LogP contribution in [0, 0.1) is 13.8 Å². The molecule has 0 spiro atoms. The molecule has 0 saturated carbocycles. The molecule has 1 amide bonds. The van der Waals surface area contributed by atoms with Crippen LogP contribution < -0.4 is 5.32 Å². The zero-order valence-corrected chi connectivity index (χ0v) is 14.0. The Kier molecular flexibility index (Phi) is 3.98. The molecule has 1 unspecified atom stereocenters. The highest BCUT2D eigenvalue weighted by Crippen LogP contribution is 2.32. The minimum Gasteiger partial charge on any atom is -0.345 e. The number of carbonyl (C=O) groups excluding carboxylic acids is 1. The van der Waals surface area contributed by atoms with Gasteiger partial charge in [-0.3, -0.25) is 4.79 Å². The van der Waals surface area contributed by atoms with Gasteiger partial charge in [-0.15, -0.1) is 0 Å². The predicted molar refractivity (Wildman–Crippen MR) is 89.2 cm³/mol. The highest BCUT2D eigenvalue weighted by Gasteiger charge is 2.30. The molecule has 2 aromatic rings. The van der Waals surface area contributed by atoms with Crippen LogP contribution in [0.1, 0.15) is 39.5 Å². The minimum absolute atomic E-state index is 0.0573. The lowest BCUT2D eigenvalue weighted by molar-refractivity contribution is 0.0934. The Morgan fingerprint density at radius 1 is 1.09 bits per heavy atom. The second-order valence-corrected chi connectivity index (χ2v) is 8.13. The molecule has 1 N–H and O–H groups in total. The van der Waals surface area contributed by atoms with Gasteiger partial charge >= 0.3 is 0 Å². The van der Waals surface area contributed by atoms with Crippen molar-refractivity contribution in [2.24, 2.45) is 0 Å². The first-order valence-corrected chi connectivity index (χ1v) is 9.23. The molecule has 2 aromatic carbocycles. The van der Waals surface area contributed by atoms with Gasteiger partial charge in [-0.1, -0.05) is 35.4 Å². The van der Waals surface area contributed by atoms with Crippen molar-refractivity contribution in [3.63, 3.8) is 0 Å². The summed E-state index contributed by atoms with van der Waals surface area (Å²) in [5.41, 5.74) is 3.34. The SMILES string of the molecule is Cc1cc(C)cc(C(=O)NC2CCS(=O)(=O)c3ccccc32)c1. The van der Waals surface area contributed by atoms with Crippen LogP contribution in [0.4, 0.5) is 0 Å². The van der Waals surface area contributed by atoms with Gasteiger partial charge in [0.2, 0.25) is 0 Å². The van der Waals surface area contributed by atoms with Crippen LogP contribution >= 0.6 is 0 Å². The van der Waals surface area contributed by atoms with Crippen molar-refractivity contribution in [1.29, 1.82) is 0 Å². The van der Waals surface area contributed by atoms with E-state index in [1.54, 1.807) is 24.3 Å². The smallest absolute Gasteiger partial charge is 0.251 e. The average Bonchev–Trinajstić information content (AvgIpc) is 2.49. The highest BCUT2D eigenvalue weighted by molar-refractivity contribution is 7.91. The monoisotopic (exact) mass is 329 g/mol. The molecule has 0 fully saturated rings. The van der Waals surface area contributed by atoms with E-state index in [0.717, 1.165) is 11.1 Å². The first-order chi connectivity index (χ1) is 10.9. The van der Waals surface area contributed by atoms with E-state index in [0.29, 0.717) is 22.4 Å². The molecule has 0 aromatic heterocycles. The summed E-state index contributed by atoms with van der Waals surface area (Å²) in [5.74, 6) is -0.113. The van der Waals surface area contributed by atoms with Gasteiger partial charge in [0.25, 0.3) is 5.91 Å². The summed E-state index contributed by atoms with van der Waals surface area (Å²) in [5, 5.41) is 2.98. The quantitative estimate of drug-likeness (QED) is 0.921. The lowest BCUT2D eigenvalue weighted by Gasteiger charge is -2.26. The number of fused-ring (bicyclic) bond motifs is 1. The van der Waals surface area contributed by atoms with Crippen molar-refractivity contribution in [1.82, 2.24) is 5.32 Å². The molecule has 5 heteroatoms. The fourth-order valence-electron chi connectivity index (χ4n) is 3.09. The minimum atomic E-state index is -3.24. The van der Waals surface area contributed by atoms with E-state index in [2.05, 4.69) is 5.32 Å². The second-order valence-electron chi connectivity index (χ2n) is 6.05. The molecule has 1 aliphatic heterocycles. The summed E-state index contributed by atoms with van der Waals surface area (Å²) in [4.78, 5) is 12.9. The van der Waals surface area contributed by atoms with E-state index < -0.39 is 9.84 Å². The van der Waals surface area contributed by atoms with Crippen molar-refractivity contribution in [3.8, 4) is 0 Å². The second kappa shape index (κ2) is 5.81. The summed E-state index contributed by atoms with van der Waals surface area (Å²) in [6.07, 6.45) is 0.399.